The summed E-state index contributed by atoms with van der Waals surface area (Å²) < 4.78 is 28.3. The van der Waals surface area contributed by atoms with Crippen LogP contribution in [0.5, 0.6) is 0 Å². The van der Waals surface area contributed by atoms with Gasteiger partial charge in [-0.3, -0.25) is 9.78 Å². The van der Waals surface area contributed by atoms with Gasteiger partial charge in [0.05, 0.1) is 27.6 Å². The van der Waals surface area contributed by atoms with Crippen LogP contribution in [-0.2, 0) is 15.6 Å². The molecule has 8 heteroatoms. The van der Waals surface area contributed by atoms with Gasteiger partial charge in [-0.15, -0.1) is 0 Å². The van der Waals surface area contributed by atoms with Gasteiger partial charge in [-0.25, -0.2) is 8.42 Å². The lowest BCUT2D eigenvalue weighted by molar-refractivity contribution is 0.0376. The van der Waals surface area contributed by atoms with E-state index in [1.54, 1.807) is 37.1 Å². The Kier molecular flexibility index (Phi) is 4.30. The molecule has 1 aromatic heterocycles. The molecule has 29 heavy (non-hydrogen) atoms. The van der Waals surface area contributed by atoms with Crippen LogP contribution in [0, 0.1) is 32.1 Å². The Morgan fingerprint density at radius 2 is 1.79 bits per heavy atom. The summed E-state index contributed by atoms with van der Waals surface area (Å²) in [4.78, 5) is 19.0. The molecule has 150 valence electrons. The summed E-state index contributed by atoms with van der Waals surface area (Å²) in [7, 11) is -3.77. The molecule has 0 N–H and O–H groups in total. The fourth-order valence-corrected chi connectivity index (χ4v) is 6.14. The molecule has 7 nitrogen and oxygen atoms in total. The zero-order valence-corrected chi connectivity index (χ0v) is 17.7. The maximum absolute atomic E-state index is 13.4. The van der Waals surface area contributed by atoms with Crippen LogP contribution in [0.25, 0.3) is 0 Å². The van der Waals surface area contributed by atoms with Crippen molar-refractivity contribution in [1.29, 1.82) is 5.26 Å². The van der Waals surface area contributed by atoms with Gasteiger partial charge < -0.3 is 4.90 Å². The van der Waals surface area contributed by atoms with Gasteiger partial charge in [0.1, 0.15) is 0 Å². The van der Waals surface area contributed by atoms with Crippen molar-refractivity contribution in [1.82, 2.24) is 14.2 Å². The first-order chi connectivity index (χ1) is 13.6. The summed E-state index contributed by atoms with van der Waals surface area (Å²) >= 11 is 0. The van der Waals surface area contributed by atoms with Crippen molar-refractivity contribution in [3.63, 3.8) is 0 Å². The molecule has 2 aromatic rings. The number of nitriles is 1. The highest BCUT2D eigenvalue weighted by Gasteiger charge is 2.51. The van der Waals surface area contributed by atoms with Gasteiger partial charge in [0, 0.05) is 31.5 Å². The van der Waals surface area contributed by atoms with E-state index >= 15 is 0 Å². The lowest BCUT2D eigenvalue weighted by Crippen LogP contribution is -2.58. The summed E-state index contributed by atoms with van der Waals surface area (Å²) in [5.41, 5.74) is 3.20. The smallest absolute Gasteiger partial charge is 0.256 e. The number of rotatable bonds is 2. The number of hydrogen-bond donors (Lipinski definition) is 0. The Labute approximate surface area is 170 Å². The normalized spacial score (nSPS) is 21.6. The van der Waals surface area contributed by atoms with E-state index < -0.39 is 15.6 Å². The average molecular weight is 410 g/mol. The quantitative estimate of drug-likeness (QED) is 0.757. The number of pyridine rings is 1. The molecule has 0 saturated carbocycles. The Morgan fingerprint density at radius 1 is 1.14 bits per heavy atom. The van der Waals surface area contributed by atoms with Gasteiger partial charge in [0.2, 0.25) is 10.0 Å². The van der Waals surface area contributed by atoms with Crippen LogP contribution < -0.4 is 0 Å². The molecule has 2 aliphatic rings. The third-order valence-corrected chi connectivity index (χ3v) is 7.83. The van der Waals surface area contributed by atoms with E-state index in [9.17, 15) is 18.5 Å². The summed E-state index contributed by atoms with van der Waals surface area (Å²) in [6, 6.07) is 7.10. The van der Waals surface area contributed by atoms with Crippen molar-refractivity contribution in [2.45, 2.75) is 38.1 Å². The Balaban J connectivity index is 1.76. The second-order valence-corrected chi connectivity index (χ2v) is 9.92. The minimum absolute atomic E-state index is 0.0999. The molecule has 1 aromatic carbocycles. The lowest BCUT2D eigenvalue weighted by atomic mass is 9.90. The second kappa shape index (κ2) is 6.37. The summed E-state index contributed by atoms with van der Waals surface area (Å²) in [6.07, 6.45) is 1.59. The number of aromatic nitrogens is 1. The minimum atomic E-state index is -3.77. The van der Waals surface area contributed by atoms with Gasteiger partial charge in [-0.1, -0.05) is 0 Å². The van der Waals surface area contributed by atoms with Gasteiger partial charge >= 0.3 is 0 Å². The zero-order chi connectivity index (χ0) is 21.1. The topological polar surface area (TPSA) is 94.4 Å². The summed E-state index contributed by atoms with van der Waals surface area (Å²) in [5, 5.41) is 9.27. The van der Waals surface area contributed by atoms with E-state index in [1.165, 1.54) is 4.31 Å². The molecule has 0 radical (unpaired) electrons. The molecule has 1 atom stereocenters. The number of benzene rings is 1. The van der Waals surface area contributed by atoms with E-state index in [2.05, 4.69) is 11.1 Å². The van der Waals surface area contributed by atoms with Gasteiger partial charge in [0.15, 0.2) is 0 Å². The fourth-order valence-electron chi connectivity index (χ4n) is 4.45. The molecule has 3 heterocycles. The molecular weight excluding hydrogens is 388 g/mol. The van der Waals surface area contributed by atoms with Crippen LogP contribution in [0.1, 0.15) is 45.2 Å². The van der Waals surface area contributed by atoms with Crippen molar-refractivity contribution in [2.75, 3.05) is 19.6 Å². The summed E-state index contributed by atoms with van der Waals surface area (Å²) in [6.45, 7) is 7.97. The molecule has 1 saturated heterocycles. The highest BCUT2D eigenvalue weighted by molar-refractivity contribution is 7.89. The second-order valence-electron chi connectivity index (χ2n) is 7.98. The number of sulfonamides is 1. The van der Waals surface area contributed by atoms with Crippen LogP contribution in [0.15, 0.2) is 29.3 Å². The fraction of sp³-hybridized carbons (Fsp3) is 0.381. The standard InChI is InChI=1S/C21H22N4O3S/c1-13-7-16(8-14(2)17(13)10-22)29(27,28)24-5-6-25-20(26)18-11-23-15(3)9-19(18)21(25,4)12-24/h7-9,11H,5-6,12H2,1-4H3. The Bertz CT molecular complexity index is 1180. The van der Waals surface area contributed by atoms with E-state index in [4.69, 9.17) is 0 Å². The maximum Gasteiger partial charge on any atom is 0.256 e. The van der Waals surface area contributed by atoms with Crippen LogP contribution >= 0.6 is 0 Å². The number of aryl methyl sites for hydroxylation is 3. The first-order valence-corrected chi connectivity index (χ1v) is 10.8. The number of carbonyl (C=O) groups is 1. The first kappa shape index (κ1) is 19.6. The van der Waals surface area contributed by atoms with Crippen molar-refractivity contribution >= 4 is 15.9 Å². The van der Waals surface area contributed by atoms with Crippen LogP contribution in [0.4, 0.5) is 0 Å². The van der Waals surface area contributed by atoms with E-state index in [1.807, 2.05) is 19.9 Å². The zero-order valence-electron chi connectivity index (χ0n) is 16.9. The Morgan fingerprint density at radius 3 is 2.41 bits per heavy atom. The molecule has 2 aliphatic heterocycles. The lowest BCUT2D eigenvalue weighted by Gasteiger charge is -2.44. The molecule has 4 rings (SSSR count). The highest BCUT2D eigenvalue weighted by atomic mass is 32.2. The average Bonchev–Trinajstić information content (AvgIpc) is 2.88. The molecule has 0 spiro atoms. The SMILES string of the molecule is Cc1cc2c(cn1)C(=O)N1CCN(S(=O)(=O)c3cc(C)c(C#N)c(C)c3)CC21C. The van der Waals surface area contributed by atoms with Crippen molar-refractivity contribution < 1.29 is 13.2 Å². The van der Waals surface area contributed by atoms with Gasteiger partial charge in [0.25, 0.3) is 5.91 Å². The molecule has 1 unspecified atom stereocenters. The highest BCUT2D eigenvalue weighted by Crippen LogP contribution is 2.42. The van der Waals surface area contributed by atoms with Gasteiger partial charge in [-0.2, -0.15) is 9.57 Å². The number of fused-ring (bicyclic) bond motifs is 3. The number of nitrogens with zero attached hydrogens (tertiary/aromatic N) is 4. The van der Waals surface area contributed by atoms with Crippen molar-refractivity contribution in [2.24, 2.45) is 0 Å². The van der Waals surface area contributed by atoms with Crippen molar-refractivity contribution in [3.8, 4) is 6.07 Å². The van der Waals surface area contributed by atoms with E-state index in [0.29, 0.717) is 28.8 Å². The molecule has 0 bridgehead atoms. The van der Waals surface area contributed by atoms with Crippen LogP contribution in [-0.4, -0.2) is 48.1 Å². The predicted octanol–water partition coefficient (Wildman–Crippen LogP) is 2.25. The number of piperazine rings is 1. The van der Waals surface area contributed by atoms with Crippen molar-refractivity contribution in [3.05, 3.63) is 57.9 Å². The third-order valence-electron chi connectivity index (χ3n) is 6.01. The predicted molar refractivity (Wildman–Crippen MR) is 107 cm³/mol. The van der Waals surface area contributed by atoms with Gasteiger partial charge in [-0.05, 0) is 62.6 Å². The largest absolute Gasteiger partial charge is 0.326 e. The maximum atomic E-state index is 13.4. The van der Waals surface area contributed by atoms with E-state index in [0.717, 1.165) is 11.3 Å². The number of amides is 1. The third kappa shape index (κ3) is 2.76. The van der Waals surface area contributed by atoms with Crippen LogP contribution in [0.3, 0.4) is 0 Å². The summed E-state index contributed by atoms with van der Waals surface area (Å²) in [5.74, 6) is -0.0999. The minimum Gasteiger partial charge on any atom is -0.326 e. The molecule has 1 amide bonds. The number of hydrogen-bond acceptors (Lipinski definition) is 5. The van der Waals surface area contributed by atoms with Crippen LogP contribution in [0.2, 0.25) is 0 Å². The first-order valence-electron chi connectivity index (χ1n) is 9.40. The molecular formula is C21H22N4O3S. The van der Waals surface area contributed by atoms with E-state index in [-0.39, 0.29) is 23.9 Å². The monoisotopic (exact) mass is 410 g/mol. The molecule has 1 fully saturated rings. The number of carbonyl (C=O) groups excluding carboxylic acids is 1. The Hall–Kier alpha value is -2.76. The molecule has 0 aliphatic carbocycles.